The van der Waals surface area contributed by atoms with Gasteiger partial charge in [0.15, 0.2) is 5.82 Å². The smallest absolute Gasteiger partial charge is 0.305 e. The number of nitrogens with one attached hydrogen (secondary N) is 1. The van der Waals surface area contributed by atoms with Crippen LogP contribution in [-0.4, -0.2) is 15.7 Å². The Bertz CT molecular complexity index is 1030. The maximum Gasteiger partial charge on any atom is 0.417 e. The van der Waals surface area contributed by atoms with Crippen LogP contribution in [0.3, 0.4) is 0 Å². The van der Waals surface area contributed by atoms with Crippen LogP contribution in [0, 0.1) is 0 Å². The molecule has 28 heavy (non-hydrogen) atoms. The molecule has 1 heterocycles. The van der Waals surface area contributed by atoms with Crippen LogP contribution in [0.5, 0.6) is 0 Å². The third-order valence-electron chi connectivity index (χ3n) is 4.01. The van der Waals surface area contributed by atoms with Crippen molar-refractivity contribution in [2.24, 2.45) is 0 Å². The number of hydrogen-bond acceptors (Lipinski definition) is 2. The van der Waals surface area contributed by atoms with E-state index in [4.69, 9.17) is 23.2 Å². The van der Waals surface area contributed by atoms with Crippen LogP contribution in [-0.2, 0) is 12.6 Å². The fourth-order valence-electron chi connectivity index (χ4n) is 2.69. The highest BCUT2D eigenvalue weighted by Crippen LogP contribution is 2.32. The lowest BCUT2D eigenvalue weighted by Gasteiger charge is -2.11. The van der Waals surface area contributed by atoms with Crippen molar-refractivity contribution in [3.63, 3.8) is 0 Å². The molecule has 0 fully saturated rings. The van der Waals surface area contributed by atoms with E-state index in [1.165, 1.54) is 12.1 Å². The molecule has 9 heteroatoms. The Morgan fingerprint density at radius 2 is 1.82 bits per heavy atom. The van der Waals surface area contributed by atoms with Gasteiger partial charge in [0.2, 0.25) is 0 Å². The van der Waals surface area contributed by atoms with Gasteiger partial charge in [-0.1, -0.05) is 42.3 Å². The van der Waals surface area contributed by atoms with Gasteiger partial charge in [-0.2, -0.15) is 13.2 Å². The average Bonchev–Trinajstić information content (AvgIpc) is 3.06. The summed E-state index contributed by atoms with van der Waals surface area (Å²) >= 11 is 12.0. The molecule has 0 aliphatic carbocycles. The molecule has 2 aromatic carbocycles. The minimum atomic E-state index is -4.64. The molecular weight excluding hydrogens is 414 g/mol. The van der Waals surface area contributed by atoms with E-state index in [-0.39, 0.29) is 5.82 Å². The van der Waals surface area contributed by atoms with Crippen LogP contribution in [0.25, 0.3) is 5.69 Å². The van der Waals surface area contributed by atoms with Crippen molar-refractivity contribution in [3.05, 3.63) is 75.4 Å². The standard InChI is InChI=1S/C19H14Cl2F3N3O/c1-2-11-10-17(26-27(11)12-7-8-15(20)16(21)9-12)25-18(28)13-5-3-4-6-14(13)19(22,23)24/h3-10H,2H2,1H3,(H,25,26,28). The van der Waals surface area contributed by atoms with Crippen LogP contribution < -0.4 is 5.32 Å². The number of aryl methyl sites for hydroxylation is 1. The van der Waals surface area contributed by atoms with Crippen molar-refractivity contribution in [1.29, 1.82) is 0 Å². The van der Waals surface area contributed by atoms with Crippen molar-refractivity contribution in [1.82, 2.24) is 9.78 Å². The predicted molar refractivity (Wildman–Crippen MR) is 102 cm³/mol. The third kappa shape index (κ3) is 4.15. The Morgan fingerprint density at radius 1 is 1.11 bits per heavy atom. The fraction of sp³-hybridized carbons (Fsp3) is 0.158. The number of nitrogens with zero attached hydrogens (tertiary/aromatic N) is 2. The van der Waals surface area contributed by atoms with Gasteiger partial charge in [-0.05, 0) is 36.8 Å². The molecule has 1 amide bonds. The highest BCUT2D eigenvalue weighted by molar-refractivity contribution is 6.42. The molecule has 146 valence electrons. The molecule has 3 aromatic rings. The molecule has 0 unspecified atom stereocenters. The second-order valence-corrected chi connectivity index (χ2v) is 6.70. The molecule has 1 N–H and O–H groups in total. The predicted octanol–water partition coefficient (Wildman–Crippen LogP) is 6.01. The highest BCUT2D eigenvalue weighted by atomic mass is 35.5. The molecule has 4 nitrogen and oxygen atoms in total. The summed E-state index contributed by atoms with van der Waals surface area (Å²) in [6.07, 6.45) is -4.07. The van der Waals surface area contributed by atoms with Gasteiger partial charge < -0.3 is 5.32 Å². The third-order valence-corrected chi connectivity index (χ3v) is 4.75. The number of amides is 1. The van der Waals surface area contributed by atoms with E-state index in [2.05, 4.69) is 10.4 Å². The number of carbonyl (C=O) groups excluding carboxylic acids is 1. The topological polar surface area (TPSA) is 46.9 Å². The van der Waals surface area contributed by atoms with E-state index < -0.39 is 23.2 Å². The number of alkyl halides is 3. The number of aromatic nitrogens is 2. The monoisotopic (exact) mass is 427 g/mol. The number of benzene rings is 2. The van der Waals surface area contributed by atoms with Crippen molar-refractivity contribution in [2.45, 2.75) is 19.5 Å². The lowest BCUT2D eigenvalue weighted by molar-refractivity contribution is -0.137. The zero-order valence-electron chi connectivity index (χ0n) is 14.5. The van der Waals surface area contributed by atoms with Crippen LogP contribution in [0.15, 0.2) is 48.5 Å². The van der Waals surface area contributed by atoms with E-state index in [1.807, 2.05) is 6.92 Å². The molecule has 0 spiro atoms. The molecule has 3 rings (SSSR count). The molecule has 0 aliphatic heterocycles. The summed E-state index contributed by atoms with van der Waals surface area (Å²) in [7, 11) is 0. The number of carbonyl (C=O) groups is 1. The van der Waals surface area contributed by atoms with Crippen molar-refractivity contribution in [3.8, 4) is 5.69 Å². The van der Waals surface area contributed by atoms with Gasteiger partial charge in [0.25, 0.3) is 5.91 Å². The van der Waals surface area contributed by atoms with Gasteiger partial charge in [-0.15, -0.1) is 5.10 Å². The summed E-state index contributed by atoms with van der Waals surface area (Å²) in [6.45, 7) is 1.88. The summed E-state index contributed by atoms with van der Waals surface area (Å²) in [6, 6.07) is 11.1. The molecule has 0 aliphatic rings. The Balaban J connectivity index is 1.93. The summed E-state index contributed by atoms with van der Waals surface area (Å²) < 4.78 is 41.0. The lowest BCUT2D eigenvalue weighted by atomic mass is 10.1. The summed E-state index contributed by atoms with van der Waals surface area (Å²) in [4.78, 5) is 12.4. The minimum absolute atomic E-state index is 0.130. The van der Waals surface area contributed by atoms with Crippen LogP contribution in [0.1, 0.15) is 28.5 Å². The quantitative estimate of drug-likeness (QED) is 0.553. The molecule has 0 atom stereocenters. The van der Waals surface area contributed by atoms with Crippen molar-refractivity contribution >= 4 is 34.9 Å². The van der Waals surface area contributed by atoms with Gasteiger partial charge in [-0.3, -0.25) is 4.79 Å². The van der Waals surface area contributed by atoms with Gasteiger partial charge in [0, 0.05) is 11.8 Å². The molecule has 0 saturated carbocycles. The number of rotatable bonds is 4. The number of hydrogen-bond donors (Lipinski definition) is 1. The van der Waals surface area contributed by atoms with Crippen molar-refractivity contribution in [2.75, 3.05) is 5.32 Å². The number of anilines is 1. The Morgan fingerprint density at radius 3 is 2.46 bits per heavy atom. The van der Waals surface area contributed by atoms with Gasteiger partial charge >= 0.3 is 6.18 Å². The van der Waals surface area contributed by atoms with Crippen LogP contribution in [0.2, 0.25) is 10.0 Å². The number of halogens is 5. The second-order valence-electron chi connectivity index (χ2n) is 5.88. The SMILES string of the molecule is CCc1cc(NC(=O)c2ccccc2C(F)(F)F)nn1-c1ccc(Cl)c(Cl)c1. The van der Waals surface area contributed by atoms with Crippen molar-refractivity contribution < 1.29 is 18.0 Å². The first-order valence-corrected chi connectivity index (χ1v) is 8.98. The zero-order chi connectivity index (χ0) is 20.5. The molecular formula is C19H14Cl2F3N3O. The normalized spacial score (nSPS) is 11.5. The first kappa shape index (κ1) is 20.2. The molecule has 1 aromatic heterocycles. The maximum atomic E-state index is 13.1. The average molecular weight is 428 g/mol. The summed E-state index contributed by atoms with van der Waals surface area (Å²) in [5, 5.41) is 7.43. The van der Waals surface area contributed by atoms with Gasteiger partial charge in [-0.25, -0.2) is 4.68 Å². The Kier molecular flexibility index (Phi) is 5.67. The van der Waals surface area contributed by atoms with E-state index in [9.17, 15) is 18.0 Å². The van der Waals surface area contributed by atoms with Gasteiger partial charge in [0.05, 0.1) is 26.9 Å². The zero-order valence-corrected chi connectivity index (χ0v) is 16.0. The summed E-state index contributed by atoms with van der Waals surface area (Å²) in [5.41, 5.74) is -0.135. The molecule has 0 radical (unpaired) electrons. The Labute approximate surface area is 168 Å². The van der Waals surface area contributed by atoms with E-state index in [0.29, 0.717) is 22.2 Å². The maximum absolute atomic E-state index is 13.1. The lowest BCUT2D eigenvalue weighted by Crippen LogP contribution is -2.19. The van der Waals surface area contributed by atoms with E-state index in [1.54, 1.807) is 28.9 Å². The van der Waals surface area contributed by atoms with Gasteiger partial charge in [0.1, 0.15) is 0 Å². The van der Waals surface area contributed by atoms with E-state index in [0.717, 1.165) is 17.8 Å². The minimum Gasteiger partial charge on any atom is -0.305 e. The largest absolute Gasteiger partial charge is 0.417 e. The van der Waals surface area contributed by atoms with Crippen LogP contribution >= 0.6 is 23.2 Å². The second kappa shape index (κ2) is 7.85. The fourth-order valence-corrected chi connectivity index (χ4v) is 2.98. The van der Waals surface area contributed by atoms with Crippen LogP contribution in [0.4, 0.5) is 19.0 Å². The summed E-state index contributed by atoms with van der Waals surface area (Å²) in [5.74, 6) is -0.765. The first-order chi connectivity index (χ1) is 13.2. The molecule has 0 saturated heterocycles. The Hall–Kier alpha value is -2.51. The first-order valence-electron chi connectivity index (χ1n) is 8.22. The van der Waals surface area contributed by atoms with E-state index >= 15 is 0 Å². The molecule has 0 bridgehead atoms. The highest BCUT2D eigenvalue weighted by Gasteiger charge is 2.35.